The molecule has 0 saturated carbocycles. The third kappa shape index (κ3) is 4.53. The van der Waals surface area contributed by atoms with Crippen LogP contribution in [0.4, 0.5) is 0 Å². The summed E-state index contributed by atoms with van der Waals surface area (Å²) in [5.74, 6) is -2.30. The topological polar surface area (TPSA) is 142 Å². The molecule has 160 valence electrons. The Morgan fingerprint density at radius 1 is 1.37 bits per heavy atom. The van der Waals surface area contributed by atoms with Crippen LogP contribution in [0.3, 0.4) is 0 Å². The second kappa shape index (κ2) is 8.79. The highest BCUT2D eigenvalue weighted by Gasteiger charge is 2.51. The fourth-order valence-electron chi connectivity index (χ4n) is 2.70. The van der Waals surface area contributed by atoms with Crippen LogP contribution in [0, 0.1) is 6.92 Å². The fourth-order valence-corrected chi connectivity index (χ4v) is 5.71. The Labute approximate surface area is 181 Å². The number of aryl methyl sites for hydroxylation is 1. The number of carbonyl (C=O) groups is 3. The van der Waals surface area contributed by atoms with Crippen LogP contribution in [0.2, 0.25) is 0 Å². The maximum absolute atomic E-state index is 12.4. The number of nitrogens with one attached hydrogen (secondary N) is 1. The predicted molar refractivity (Wildman–Crippen MR) is 111 cm³/mol. The number of β-lactam (4-membered cyclic amide) rings is 1. The Morgan fingerprint density at radius 2 is 2.03 bits per heavy atom. The molecule has 13 heteroatoms. The van der Waals surface area contributed by atoms with Gasteiger partial charge in [-0.15, -0.1) is 15.9 Å². The molecule has 1 fully saturated rings. The average molecular weight is 472 g/mol. The number of ether oxygens (including phenoxy) is 1. The lowest BCUT2D eigenvalue weighted by atomic mass is 10.1. The van der Waals surface area contributed by atoms with Crippen molar-refractivity contribution in [2.45, 2.75) is 24.1 Å². The van der Waals surface area contributed by atoms with Crippen LogP contribution in [0.15, 0.2) is 44.8 Å². The maximum Gasteiger partial charge on any atom is 0.352 e. The number of amides is 1. The van der Waals surface area contributed by atoms with E-state index in [4.69, 9.17) is 4.74 Å². The second-order valence-electron chi connectivity index (χ2n) is 6.34. The molecule has 1 aromatic rings. The van der Waals surface area contributed by atoms with Crippen molar-refractivity contribution < 1.29 is 32.6 Å². The van der Waals surface area contributed by atoms with Gasteiger partial charge in [0.25, 0.3) is 15.9 Å². The fraction of sp³-hybridized carbons (Fsp3) is 0.294. The summed E-state index contributed by atoms with van der Waals surface area (Å²) in [6.07, 6.45) is 0. The lowest BCUT2D eigenvalue weighted by molar-refractivity contribution is -0.141. The molecule has 0 spiro atoms. The predicted octanol–water partition coefficient (Wildman–Crippen LogP) is 1.09. The molecule has 1 atom stereocenters. The normalized spacial score (nSPS) is 20.1. The van der Waals surface area contributed by atoms with E-state index in [-0.39, 0.29) is 28.7 Å². The first-order chi connectivity index (χ1) is 14.1. The quantitative estimate of drug-likeness (QED) is 0.339. The van der Waals surface area contributed by atoms with Crippen molar-refractivity contribution in [3.05, 3.63) is 41.1 Å². The summed E-state index contributed by atoms with van der Waals surface area (Å²) in [6, 6.07) is 6.22. The van der Waals surface area contributed by atoms with Gasteiger partial charge in [-0.3, -0.25) is 14.5 Å². The monoisotopic (exact) mass is 471 g/mol. The molecule has 0 bridgehead atoms. The summed E-state index contributed by atoms with van der Waals surface area (Å²) in [4.78, 5) is 36.2. The first-order valence-electron chi connectivity index (χ1n) is 8.48. The van der Waals surface area contributed by atoms with E-state index >= 15 is 0 Å². The van der Waals surface area contributed by atoms with Crippen molar-refractivity contribution in [1.29, 1.82) is 0 Å². The number of thioether (sulfide) groups is 1. The molecule has 2 N–H and O–H groups in total. The molecule has 0 aliphatic carbocycles. The van der Waals surface area contributed by atoms with E-state index < -0.39 is 33.2 Å². The maximum atomic E-state index is 12.4. The molecule has 2 heterocycles. The highest BCUT2D eigenvalue weighted by molar-refractivity contribution is 8.08. The van der Waals surface area contributed by atoms with Crippen molar-refractivity contribution in [2.75, 3.05) is 12.4 Å². The van der Waals surface area contributed by atoms with E-state index in [9.17, 15) is 27.9 Å². The number of benzene rings is 1. The number of aliphatic carboxylic acids is 1. The first-order valence-corrected chi connectivity index (χ1v) is 11.8. The number of carboxylic acids is 1. The van der Waals surface area contributed by atoms with E-state index in [0.29, 0.717) is 17.7 Å². The van der Waals surface area contributed by atoms with E-state index in [1.165, 1.54) is 30.8 Å². The summed E-state index contributed by atoms with van der Waals surface area (Å²) in [7, 11) is -3.83. The van der Waals surface area contributed by atoms with Crippen molar-refractivity contribution in [1.82, 2.24) is 9.03 Å². The van der Waals surface area contributed by atoms with Crippen molar-refractivity contribution in [3.63, 3.8) is 0 Å². The van der Waals surface area contributed by atoms with E-state index in [0.717, 1.165) is 10.5 Å². The zero-order valence-corrected chi connectivity index (χ0v) is 18.3. The number of hydrogen-bond acceptors (Lipinski definition) is 9. The molecule has 0 aromatic heterocycles. The molecule has 1 aromatic carbocycles. The van der Waals surface area contributed by atoms with Gasteiger partial charge in [-0.05, 0) is 19.1 Å². The Morgan fingerprint density at radius 3 is 2.63 bits per heavy atom. The number of nitrogens with zero attached hydrogens (tertiary/aromatic N) is 2. The van der Waals surface area contributed by atoms with Crippen LogP contribution < -0.4 is 4.13 Å². The Hall–Kier alpha value is -2.35. The summed E-state index contributed by atoms with van der Waals surface area (Å²) in [5, 5.41) is 8.84. The zero-order valence-electron chi connectivity index (χ0n) is 15.8. The number of carboxylic acid groups (broad SMARTS) is 1. The largest absolute Gasteiger partial charge is 0.477 e. The number of fused-ring (bicyclic) bond motifs is 1. The van der Waals surface area contributed by atoms with Gasteiger partial charge in [0.2, 0.25) is 0 Å². The van der Waals surface area contributed by atoms with Crippen LogP contribution in [0.25, 0.3) is 0 Å². The van der Waals surface area contributed by atoms with Gasteiger partial charge < -0.3 is 9.84 Å². The van der Waals surface area contributed by atoms with Crippen LogP contribution in [-0.2, 0) is 29.1 Å². The van der Waals surface area contributed by atoms with E-state index in [1.54, 1.807) is 12.1 Å². The van der Waals surface area contributed by atoms with Gasteiger partial charge in [-0.2, -0.15) is 4.40 Å². The number of sulfonamides is 1. The number of carbonyl (C=O) groups excluding carboxylic acids is 2. The molecular weight excluding hydrogens is 454 g/mol. The number of hydrogen-bond donors (Lipinski definition) is 2. The molecule has 2 aliphatic rings. The van der Waals surface area contributed by atoms with Crippen LogP contribution in [-0.4, -0.2) is 59.7 Å². The Kier molecular flexibility index (Phi) is 6.55. The molecule has 30 heavy (non-hydrogen) atoms. The third-order valence-electron chi connectivity index (χ3n) is 4.17. The van der Waals surface area contributed by atoms with Crippen LogP contribution in [0.5, 0.6) is 0 Å². The summed E-state index contributed by atoms with van der Waals surface area (Å²) in [6.45, 7) is 2.81. The Bertz CT molecular complexity index is 1060. The minimum atomic E-state index is -3.83. The summed E-state index contributed by atoms with van der Waals surface area (Å²) < 4.78 is 35.6. The van der Waals surface area contributed by atoms with Crippen LogP contribution in [0.1, 0.15) is 12.5 Å². The van der Waals surface area contributed by atoms with Crippen molar-refractivity contribution >= 4 is 57.5 Å². The van der Waals surface area contributed by atoms with Gasteiger partial charge >= 0.3 is 11.9 Å². The van der Waals surface area contributed by atoms with Gasteiger partial charge in [0.05, 0.1) is 17.0 Å². The Balaban J connectivity index is 1.71. The standard InChI is InChI=1S/C17H17N3O7S3/c1-9-3-5-12(6-4-9)30(25,26)19-29-18-13-15(22)20-14(17(23)24)11(7-27-10(2)21)8-28-16(13)20/h3-6,16,19H,7-8H2,1-2H3,(H,23,24)/b18-13+/t16-/m1/s1. The van der Waals surface area contributed by atoms with Gasteiger partial charge in [0.1, 0.15) is 23.4 Å². The third-order valence-corrected chi connectivity index (χ3v) is 7.79. The highest BCUT2D eigenvalue weighted by Crippen LogP contribution is 2.39. The highest BCUT2D eigenvalue weighted by atomic mass is 32.3. The van der Waals surface area contributed by atoms with Crippen LogP contribution >= 0.6 is 23.9 Å². The molecule has 1 saturated heterocycles. The number of rotatable bonds is 7. The summed E-state index contributed by atoms with van der Waals surface area (Å²) >= 11 is 1.72. The molecule has 2 aliphatic heterocycles. The van der Waals surface area contributed by atoms with E-state index in [2.05, 4.69) is 8.53 Å². The lowest BCUT2D eigenvalue weighted by Gasteiger charge is -2.44. The smallest absolute Gasteiger partial charge is 0.352 e. The van der Waals surface area contributed by atoms with Crippen molar-refractivity contribution in [2.24, 2.45) is 4.40 Å². The summed E-state index contributed by atoms with van der Waals surface area (Å²) in [5.41, 5.74) is 1.02. The average Bonchev–Trinajstić information content (AvgIpc) is 2.68. The zero-order chi connectivity index (χ0) is 22.1. The van der Waals surface area contributed by atoms with Gasteiger partial charge in [0.15, 0.2) is 0 Å². The lowest BCUT2D eigenvalue weighted by Crippen LogP contribution is -2.62. The molecular formula is C17H17N3O7S3. The van der Waals surface area contributed by atoms with Gasteiger partial charge in [-0.1, -0.05) is 17.7 Å². The first kappa shape index (κ1) is 22.3. The molecule has 0 unspecified atom stereocenters. The SMILES string of the molecule is CC(=O)OCC1=C(C(=O)O)N2C(=O)/C(=N\SNS(=O)(=O)c3ccc(C)cc3)[C@H]2SC1. The van der Waals surface area contributed by atoms with Crippen molar-refractivity contribution in [3.8, 4) is 0 Å². The molecule has 0 radical (unpaired) electrons. The second-order valence-corrected chi connectivity index (χ2v) is 9.92. The minimum absolute atomic E-state index is 0.0434. The van der Waals surface area contributed by atoms with E-state index in [1.807, 2.05) is 6.92 Å². The molecule has 3 rings (SSSR count). The molecule has 1 amide bonds. The minimum Gasteiger partial charge on any atom is -0.477 e. The van der Waals surface area contributed by atoms with Gasteiger partial charge in [0, 0.05) is 18.2 Å². The van der Waals surface area contributed by atoms with Gasteiger partial charge in [-0.25, -0.2) is 13.2 Å². The number of esters is 1. The molecule has 10 nitrogen and oxygen atoms in total.